The molecule has 3 atom stereocenters. The summed E-state index contributed by atoms with van der Waals surface area (Å²) < 4.78 is 6.58. The molecule has 0 bridgehead atoms. The zero-order valence-electron chi connectivity index (χ0n) is 13.8. The smallest absolute Gasteiger partial charge is 0.118 e. The molecule has 0 radical (unpaired) electrons. The van der Waals surface area contributed by atoms with Gasteiger partial charge in [-0.3, -0.25) is 0 Å². The summed E-state index contributed by atoms with van der Waals surface area (Å²) in [5.41, 5.74) is 1.04. The molecule has 0 aliphatic heterocycles. The maximum atomic E-state index is 9.93. The van der Waals surface area contributed by atoms with Gasteiger partial charge in [-0.05, 0) is 43.7 Å². The van der Waals surface area contributed by atoms with Gasteiger partial charge in [0.15, 0.2) is 0 Å². The molecule has 1 saturated carbocycles. The van der Waals surface area contributed by atoms with Crippen molar-refractivity contribution in [1.29, 1.82) is 0 Å². The Morgan fingerprint density at radius 3 is 2.71 bits per heavy atom. The molecular weight excluding hydrogens is 260 g/mol. The van der Waals surface area contributed by atoms with E-state index in [4.69, 9.17) is 4.74 Å². The Morgan fingerprint density at radius 1 is 1.29 bits per heavy atom. The van der Waals surface area contributed by atoms with Crippen LogP contribution in [-0.2, 0) is 11.2 Å². The zero-order chi connectivity index (χ0) is 15.3. The van der Waals surface area contributed by atoms with Crippen molar-refractivity contribution in [3.05, 3.63) is 29.8 Å². The molecule has 2 heteroatoms. The summed E-state index contributed by atoms with van der Waals surface area (Å²) in [6, 6.07) is 7.60. The predicted molar refractivity (Wildman–Crippen MR) is 87.6 cm³/mol. The maximum absolute atomic E-state index is 9.93. The molecule has 3 unspecified atom stereocenters. The Morgan fingerprint density at radius 2 is 2.05 bits per heavy atom. The van der Waals surface area contributed by atoms with Gasteiger partial charge in [0, 0.05) is 6.42 Å². The third kappa shape index (κ3) is 3.79. The number of rotatable bonds is 6. The molecule has 0 heterocycles. The first-order valence-electron chi connectivity index (χ1n) is 8.56. The van der Waals surface area contributed by atoms with E-state index in [9.17, 15) is 5.11 Å². The van der Waals surface area contributed by atoms with E-state index in [1.54, 1.807) is 6.07 Å². The first kappa shape index (κ1) is 16.4. The Bertz CT molecular complexity index is 443. The van der Waals surface area contributed by atoms with Crippen LogP contribution >= 0.6 is 0 Å². The topological polar surface area (TPSA) is 29.5 Å². The van der Waals surface area contributed by atoms with Gasteiger partial charge in [-0.1, -0.05) is 51.3 Å². The van der Waals surface area contributed by atoms with E-state index in [0.29, 0.717) is 11.7 Å². The van der Waals surface area contributed by atoms with Crippen LogP contribution in [0.2, 0.25) is 0 Å². The minimum Gasteiger partial charge on any atom is -0.508 e. The fraction of sp³-hybridized carbons (Fsp3) is 0.684. The van der Waals surface area contributed by atoms with Gasteiger partial charge >= 0.3 is 0 Å². The summed E-state index contributed by atoms with van der Waals surface area (Å²) in [5.74, 6) is 1.07. The van der Waals surface area contributed by atoms with Crippen LogP contribution < -0.4 is 0 Å². The monoisotopic (exact) mass is 290 g/mol. The summed E-state index contributed by atoms with van der Waals surface area (Å²) in [6.45, 7) is 6.70. The molecule has 21 heavy (non-hydrogen) atoms. The Balaban J connectivity index is 2.05. The Kier molecular flexibility index (Phi) is 5.69. The molecule has 0 amide bonds. The number of hydrogen-bond donors (Lipinski definition) is 1. The molecule has 1 aromatic rings. The zero-order valence-corrected chi connectivity index (χ0v) is 13.8. The average Bonchev–Trinajstić information content (AvgIpc) is 2.50. The molecule has 0 saturated heterocycles. The van der Waals surface area contributed by atoms with Crippen molar-refractivity contribution in [2.45, 2.75) is 77.4 Å². The summed E-state index contributed by atoms with van der Waals surface area (Å²) in [7, 11) is 0. The highest BCUT2D eigenvalue weighted by atomic mass is 16.5. The minimum absolute atomic E-state index is 0.0524. The van der Waals surface area contributed by atoms with E-state index in [-0.39, 0.29) is 11.7 Å². The summed E-state index contributed by atoms with van der Waals surface area (Å²) >= 11 is 0. The SMILES string of the molecule is CCC1CCCCC1(CC)OC(C)Cc1ccccc1O. The van der Waals surface area contributed by atoms with Crippen LogP contribution in [0, 0.1) is 5.92 Å². The van der Waals surface area contributed by atoms with Gasteiger partial charge in [0.2, 0.25) is 0 Å². The molecule has 1 fully saturated rings. The minimum atomic E-state index is 0.0524. The van der Waals surface area contributed by atoms with Crippen molar-refractivity contribution in [3.8, 4) is 5.75 Å². The summed E-state index contributed by atoms with van der Waals surface area (Å²) in [4.78, 5) is 0. The van der Waals surface area contributed by atoms with Crippen LogP contribution in [0.1, 0.15) is 64.9 Å². The lowest BCUT2D eigenvalue weighted by Crippen LogP contribution is -2.45. The van der Waals surface area contributed by atoms with Crippen molar-refractivity contribution in [1.82, 2.24) is 0 Å². The molecular formula is C19H30O2. The fourth-order valence-electron chi connectivity index (χ4n) is 4.00. The second kappa shape index (κ2) is 7.31. The van der Waals surface area contributed by atoms with Gasteiger partial charge in [0.05, 0.1) is 11.7 Å². The molecule has 0 aromatic heterocycles. The lowest BCUT2D eigenvalue weighted by atomic mass is 9.72. The second-order valence-electron chi connectivity index (χ2n) is 6.53. The molecule has 118 valence electrons. The average molecular weight is 290 g/mol. The Hall–Kier alpha value is -1.02. The van der Waals surface area contributed by atoms with Gasteiger partial charge in [0.25, 0.3) is 0 Å². The van der Waals surface area contributed by atoms with Crippen LogP contribution in [0.4, 0.5) is 0 Å². The molecule has 2 rings (SSSR count). The number of aromatic hydroxyl groups is 1. The first-order chi connectivity index (χ1) is 10.1. The molecule has 0 spiro atoms. The highest BCUT2D eigenvalue weighted by Crippen LogP contribution is 2.42. The van der Waals surface area contributed by atoms with Gasteiger partial charge in [-0.2, -0.15) is 0 Å². The van der Waals surface area contributed by atoms with Gasteiger partial charge in [0.1, 0.15) is 5.75 Å². The van der Waals surface area contributed by atoms with Crippen molar-refractivity contribution in [2.24, 2.45) is 5.92 Å². The van der Waals surface area contributed by atoms with Crippen LogP contribution in [0.3, 0.4) is 0 Å². The number of para-hydroxylation sites is 1. The highest BCUT2D eigenvalue weighted by Gasteiger charge is 2.40. The van der Waals surface area contributed by atoms with Crippen molar-refractivity contribution >= 4 is 0 Å². The number of phenolic OH excluding ortho intramolecular Hbond substituents is 1. The standard InChI is InChI=1S/C19H30O2/c1-4-17-11-8-9-13-19(17,5-2)21-15(3)14-16-10-6-7-12-18(16)20/h6-7,10,12,15,17,20H,4-5,8-9,11,13-14H2,1-3H3. The third-order valence-corrected chi connectivity index (χ3v) is 5.17. The van der Waals surface area contributed by atoms with Crippen LogP contribution in [0.15, 0.2) is 24.3 Å². The fourth-order valence-corrected chi connectivity index (χ4v) is 4.00. The van der Waals surface area contributed by atoms with Gasteiger partial charge < -0.3 is 9.84 Å². The lowest BCUT2D eigenvalue weighted by Gasteiger charge is -2.45. The number of benzene rings is 1. The predicted octanol–water partition coefficient (Wildman–Crippen LogP) is 5.09. The van der Waals surface area contributed by atoms with E-state index in [1.807, 2.05) is 18.2 Å². The van der Waals surface area contributed by atoms with Crippen molar-refractivity contribution < 1.29 is 9.84 Å². The quantitative estimate of drug-likeness (QED) is 0.791. The van der Waals surface area contributed by atoms with Gasteiger partial charge in [-0.15, -0.1) is 0 Å². The lowest BCUT2D eigenvalue weighted by molar-refractivity contribution is -0.143. The molecule has 1 aromatic carbocycles. The molecule has 1 aliphatic rings. The molecule has 2 nitrogen and oxygen atoms in total. The molecule has 1 aliphatic carbocycles. The highest BCUT2D eigenvalue weighted by molar-refractivity contribution is 5.32. The van der Waals surface area contributed by atoms with E-state index < -0.39 is 0 Å². The van der Waals surface area contributed by atoms with Crippen molar-refractivity contribution in [3.63, 3.8) is 0 Å². The van der Waals surface area contributed by atoms with Crippen molar-refractivity contribution in [2.75, 3.05) is 0 Å². The largest absolute Gasteiger partial charge is 0.508 e. The van der Waals surface area contributed by atoms with E-state index >= 15 is 0 Å². The summed E-state index contributed by atoms with van der Waals surface area (Å²) in [5, 5.41) is 9.93. The number of phenols is 1. The Labute approximate surface area is 129 Å². The van der Waals surface area contributed by atoms with Gasteiger partial charge in [-0.25, -0.2) is 0 Å². The van der Waals surface area contributed by atoms with E-state index in [0.717, 1.165) is 18.4 Å². The maximum Gasteiger partial charge on any atom is 0.118 e. The second-order valence-corrected chi connectivity index (χ2v) is 6.53. The van der Waals surface area contributed by atoms with E-state index in [2.05, 4.69) is 20.8 Å². The van der Waals surface area contributed by atoms with Crippen LogP contribution in [0.5, 0.6) is 5.75 Å². The first-order valence-corrected chi connectivity index (χ1v) is 8.56. The summed E-state index contributed by atoms with van der Waals surface area (Å²) in [6.07, 6.45) is 8.34. The third-order valence-electron chi connectivity index (χ3n) is 5.17. The van der Waals surface area contributed by atoms with E-state index in [1.165, 1.54) is 32.1 Å². The normalized spacial score (nSPS) is 27.5. The molecule has 1 N–H and O–H groups in total. The van der Waals surface area contributed by atoms with Crippen LogP contribution in [-0.4, -0.2) is 16.8 Å². The number of hydrogen-bond acceptors (Lipinski definition) is 2. The van der Waals surface area contributed by atoms with Crippen LogP contribution in [0.25, 0.3) is 0 Å². The number of ether oxygens (including phenoxy) is 1.